The maximum atomic E-state index is 12.0. The van der Waals surface area contributed by atoms with E-state index in [0.717, 1.165) is 52.6 Å². The molecule has 334 valence electrons. The molecule has 1 fully saturated rings. The molecular formula is C40H86F4O10. The predicted molar refractivity (Wildman–Crippen MR) is 211 cm³/mol. The zero-order valence-electron chi connectivity index (χ0n) is 37.7. The molecule has 1 aliphatic carbocycles. The molecule has 0 N–H and O–H groups in total. The molecule has 0 aromatic carbocycles. The fourth-order valence-corrected chi connectivity index (χ4v) is 3.12. The second-order valence-electron chi connectivity index (χ2n) is 13.3. The topological polar surface area (TPSA) is 92.3 Å². The highest BCUT2D eigenvalue weighted by Crippen LogP contribution is 2.23. The number of methoxy groups -OCH3 is 1. The summed E-state index contributed by atoms with van der Waals surface area (Å²) < 4.78 is 110. The molecule has 0 amide bonds. The van der Waals surface area contributed by atoms with Crippen molar-refractivity contribution in [3.63, 3.8) is 0 Å². The third-order valence-corrected chi connectivity index (χ3v) is 5.63. The molecule has 1 aliphatic rings. The Morgan fingerprint density at radius 1 is 0.556 bits per heavy atom. The van der Waals surface area contributed by atoms with E-state index in [1.165, 1.54) is 19.8 Å². The summed E-state index contributed by atoms with van der Waals surface area (Å²) in [5.41, 5.74) is 0. The van der Waals surface area contributed by atoms with Gasteiger partial charge < -0.3 is 47.4 Å². The quantitative estimate of drug-likeness (QED) is 0.0537. The van der Waals surface area contributed by atoms with Gasteiger partial charge in [0.05, 0.1) is 52.6 Å². The zero-order valence-corrected chi connectivity index (χ0v) is 35.7. The van der Waals surface area contributed by atoms with Crippen molar-refractivity contribution >= 4 is 0 Å². The van der Waals surface area contributed by atoms with Crippen LogP contribution in [0.1, 0.15) is 138 Å². The van der Waals surface area contributed by atoms with E-state index in [9.17, 15) is 17.6 Å². The first-order chi connectivity index (χ1) is 25.5. The molecule has 0 unspecified atom stereocenters. The third kappa shape index (κ3) is 79.9. The molecule has 10 nitrogen and oxygen atoms in total. The van der Waals surface area contributed by atoms with E-state index in [4.69, 9.17) is 40.6 Å². The first kappa shape index (κ1) is 57.6. The Morgan fingerprint density at radius 2 is 0.889 bits per heavy atom. The lowest BCUT2D eigenvalue weighted by Crippen LogP contribution is -2.17. The summed E-state index contributed by atoms with van der Waals surface area (Å²) in [6, 6.07) is 0. The molecule has 1 rings (SSSR count). The second-order valence-corrected chi connectivity index (χ2v) is 13.3. The van der Waals surface area contributed by atoms with Crippen LogP contribution in [0.4, 0.5) is 17.6 Å². The minimum absolute atomic E-state index is 0. The van der Waals surface area contributed by atoms with Crippen LogP contribution in [-0.4, -0.2) is 129 Å². The Kier molecular flexibility index (Phi) is 49.9. The van der Waals surface area contributed by atoms with Gasteiger partial charge >= 0.3 is 12.7 Å². The van der Waals surface area contributed by atoms with Crippen LogP contribution in [0.3, 0.4) is 0 Å². The standard InChI is InChI=1S/C9H18O2.C8H16F2O2.C8H18O2.C7H14F2O2.C7H16O2.CH4/c1-8(2)10-6-3-7-11-9-4-5-9;1-7(2)11-5-4-6-12-8(3,9)10;1-4-9-6-5-7-10-8(2)3;1-6(2)10-4-3-5-11-7(8)9;1-7(2)9-6-4-5-8-3;/h8-9H,3-7H2,1-2H3;7H,4-6H2,1-3H3;8H,4-7H2,1-3H3;6-7H,3-5H2,1-2H3;7H,4-6H2,1-3H3;1H4/i;;4D2;;;. The Hall–Kier alpha value is -0.680. The maximum Gasteiger partial charge on any atom is 0.352 e. The first-order valence-corrected chi connectivity index (χ1v) is 19.3. The molecule has 0 aliphatic heterocycles. The van der Waals surface area contributed by atoms with Gasteiger partial charge in [-0.25, -0.2) is 0 Å². The fraction of sp³-hybridized carbons (Fsp3) is 1.00. The van der Waals surface area contributed by atoms with Gasteiger partial charge in [-0.1, -0.05) is 7.43 Å². The highest BCUT2D eigenvalue weighted by molar-refractivity contribution is 4.72. The van der Waals surface area contributed by atoms with E-state index < -0.39 is 19.3 Å². The Balaban J connectivity index is -0.000000193. The first-order valence-electron chi connectivity index (χ1n) is 20.3. The van der Waals surface area contributed by atoms with Crippen molar-refractivity contribution < 1.29 is 67.7 Å². The van der Waals surface area contributed by atoms with Crippen molar-refractivity contribution in [3.8, 4) is 0 Å². The van der Waals surface area contributed by atoms with Crippen LogP contribution >= 0.6 is 0 Å². The number of hydrogen-bond acceptors (Lipinski definition) is 10. The minimum atomic E-state index is -3.02. The maximum absolute atomic E-state index is 12.0. The van der Waals surface area contributed by atoms with Crippen molar-refractivity contribution in [2.75, 3.05) is 79.7 Å². The van der Waals surface area contributed by atoms with Crippen molar-refractivity contribution in [1.29, 1.82) is 0 Å². The lowest BCUT2D eigenvalue weighted by Gasteiger charge is -2.11. The van der Waals surface area contributed by atoms with Crippen molar-refractivity contribution in [1.82, 2.24) is 0 Å². The Bertz CT molecular complexity index is 683. The predicted octanol–water partition coefficient (Wildman–Crippen LogP) is 10.4. The number of rotatable bonds is 29. The Morgan fingerprint density at radius 3 is 1.20 bits per heavy atom. The van der Waals surface area contributed by atoms with E-state index >= 15 is 0 Å². The summed E-state index contributed by atoms with van der Waals surface area (Å²) in [5.74, 6) is 0. The van der Waals surface area contributed by atoms with Gasteiger partial charge in [0.1, 0.15) is 0 Å². The number of halogens is 4. The van der Waals surface area contributed by atoms with Crippen LogP contribution < -0.4 is 0 Å². The van der Waals surface area contributed by atoms with Crippen LogP contribution in [0.5, 0.6) is 0 Å². The molecule has 0 bridgehead atoms. The SMILES string of the molecule is C.CC(C)OCCCOC(C)(F)F.CC(C)OCCCOC(F)F.CC(C)OCCCOC1CC1.COCCCOC(C)C.[2H]C([2H])(C)OCCCOC(C)C. The van der Waals surface area contributed by atoms with E-state index in [1.807, 2.05) is 55.4 Å². The summed E-state index contributed by atoms with van der Waals surface area (Å²) in [6.07, 6.45) is 5.15. The summed E-state index contributed by atoms with van der Waals surface area (Å²) in [6.45, 7) is 23.1. The molecule has 0 radical (unpaired) electrons. The van der Waals surface area contributed by atoms with Crippen LogP contribution in [0, 0.1) is 0 Å². The van der Waals surface area contributed by atoms with Gasteiger partial charge in [-0.2, -0.15) is 17.6 Å². The van der Waals surface area contributed by atoms with E-state index in [1.54, 1.807) is 7.11 Å². The van der Waals surface area contributed by atoms with Crippen LogP contribution in [0.15, 0.2) is 0 Å². The van der Waals surface area contributed by atoms with Crippen LogP contribution in [0.25, 0.3) is 0 Å². The smallest absolute Gasteiger partial charge is 0.352 e. The molecule has 1 saturated carbocycles. The molecule has 0 aromatic rings. The zero-order chi connectivity index (χ0) is 43.1. The van der Waals surface area contributed by atoms with E-state index in [0.29, 0.717) is 57.6 Å². The number of alkyl halides is 4. The number of hydrogen-bond donors (Lipinski definition) is 0. The van der Waals surface area contributed by atoms with Gasteiger partial charge in [-0.3, -0.25) is 0 Å². The average molecular weight is 805 g/mol. The lowest BCUT2D eigenvalue weighted by molar-refractivity contribution is -0.225. The van der Waals surface area contributed by atoms with Gasteiger partial charge in [0.15, 0.2) is 0 Å². The summed E-state index contributed by atoms with van der Waals surface area (Å²) in [7, 11) is 1.70. The largest absolute Gasteiger partial charge is 0.385 e. The van der Waals surface area contributed by atoms with Gasteiger partial charge in [0.2, 0.25) is 0 Å². The highest BCUT2D eigenvalue weighted by atomic mass is 19.3. The van der Waals surface area contributed by atoms with Gasteiger partial charge in [-0.15, -0.1) is 0 Å². The van der Waals surface area contributed by atoms with Gasteiger partial charge in [-0.05, 0) is 121 Å². The average Bonchev–Trinajstić information content (AvgIpc) is 3.86. The van der Waals surface area contributed by atoms with Gasteiger partial charge in [0, 0.05) is 73.4 Å². The van der Waals surface area contributed by atoms with Crippen molar-refractivity contribution in [2.24, 2.45) is 0 Å². The van der Waals surface area contributed by atoms with Gasteiger partial charge in [0.25, 0.3) is 0 Å². The second kappa shape index (κ2) is 46.7. The van der Waals surface area contributed by atoms with Crippen LogP contribution in [0.2, 0.25) is 0 Å². The molecule has 0 spiro atoms. The molecule has 0 saturated heterocycles. The monoisotopic (exact) mass is 805 g/mol. The van der Waals surface area contributed by atoms with E-state index in [-0.39, 0.29) is 39.0 Å². The number of ether oxygens (including phenoxy) is 10. The Labute approximate surface area is 332 Å². The van der Waals surface area contributed by atoms with E-state index in [2.05, 4.69) is 23.3 Å². The minimum Gasteiger partial charge on any atom is -0.385 e. The summed E-state index contributed by atoms with van der Waals surface area (Å²) in [4.78, 5) is 0. The normalized spacial score (nSPS) is 13.3. The molecule has 0 atom stereocenters. The van der Waals surface area contributed by atoms with Crippen LogP contribution in [-0.2, 0) is 47.4 Å². The fourth-order valence-electron chi connectivity index (χ4n) is 3.12. The summed E-state index contributed by atoms with van der Waals surface area (Å²) >= 11 is 0. The lowest BCUT2D eigenvalue weighted by atomic mass is 10.4. The molecule has 54 heavy (non-hydrogen) atoms. The summed E-state index contributed by atoms with van der Waals surface area (Å²) in [5, 5.41) is 0. The molecule has 0 heterocycles. The molecule has 14 heteroatoms. The van der Waals surface area contributed by atoms with Crippen molar-refractivity contribution in [3.05, 3.63) is 0 Å². The molecular weight excluding hydrogens is 716 g/mol. The third-order valence-electron chi connectivity index (χ3n) is 5.63. The van der Waals surface area contributed by atoms with Crippen molar-refractivity contribution in [2.45, 2.75) is 185 Å². The highest BCUT2D eigenvalue weighted by Gasteiger charge is 2.21. The molecule has 0 aromatic heterocycles.